The molecule has 0 bridgehead atoms. The second-order valence-corrected chi connectivity index (χ2v) is 6.83. The third-order valence-corrected chi connectivity index (χ3v) is 4.67. The summed E-state index contributed by atoms with van der Waals surface area (Å²) in [7, 11) is 1.97. The van der Waals surface area contributed by atoms with Crippen LogP contribution < -0.4 is 15.8 Å². The first kappa shape index (κ1) is 19.4. The van der Waals surface area contributed by atoms with Crippen LogP contribution in [0.3, 0.4) is 0 Å². The van der Waals surface area contributed by atoms with Crippen molar-refractivity contribution in [1.29, 1.82) is 0 Å². The molecule has 0 spiro atoms. The summed E-state index contributed by atoms with van der Waals surface area (Å²) in [5, 5.41) is 2.84. The average molecular weight is 376 g/mol. The summed E-state index contributed by atoms with van der Waals surface area (Å²) >= 11 is 0. The van der Waals surface area contributed by atoms with E-state index in [-0.39, 0.29) is 17.7 Å². The third-order valence-electron chi connectivity index (χ3n) is 4.67. The van der Waals surface area contributed by atoms with Gasteiger partial charge in [0.1, 0.15) is 11.4 Å². The fraction of sp³-hybridized carbons (Fsp3) is 0.227. The minimum atomic E-state index is -0.398. The predicted octanol–water partition coefficient (Wildman–Crippen LogP) is 2.95. The maximum absolute atomic E-state index is 12.5. The Kier molecular flexibility index (Phi) is 5.89. The molecule has 1 amide bonds. The number of nitrogens with zero attached hydrogens (tertiary/aromatic N) is 2. The number of anilines is 1. The Morgan fingerprint density at radius 2 is 1.89 bits per heavy atom. The van der Waals surface area contributed by atoms with Crippen LogP contribution in [0.15, 0.2) is 59.5 Å². The van der Waals surface area contributed by atoms with Crippen molar-refractivity contribution in [3.63, 3.8) is 0 Å². The molecule has 2 heterocycles. The summed E-state index contributed by atoms with van der Waals surface area (Å²) in [5.74, 6) is 0.394. The fourth-order valence-electron chi connectivity index (χ4n) is 3.01. The quantitative estimate of drug-likeness (QED) is 0.693. The number of aromatic nitrogens is 2. The van der Waals surface area contributed by atoms with Gasteiger partial charge in [-0.25, -0.2) is 4.98 Å². The molecule has 0 saturated heterocycles. The van der Waals surface area contributed by atoms with Crippen molar-refractivity contribution in [3.05, 3.63) is 93.0 Å². The van der Waals surface area contributed by atoms with Gasteiger partial charge in [-0.05, 0) is 37.1 Å². The Hall–Kier alpha value is -3.41. The van der Waals surface area contributed by atoms with Crippen molar-refractivity contribution in [1.82, 2.24) is 15.3 Å². The number of carbonyl (C=O) groups is 1. The van der Waals surface area contributed by atoms with Crippen LogP contribution in [-0.4, -0.2) is 22.9 Å². The molecule has 6 nitrogen and oxygen atoms in total. The standard InChI is InChI=1S/C22H24N4O2/c1-15-12-19(22(28)25-16(15)2)21(27)24-13-18-10-7-11-23-20(18)26(3)14-17-8-5-4-6-9-17/h4-12H,13-14H2,1-3H3,(H,24,27)(H,25,28). The van der Waals surface area contributed by atoms with Crippen molar-refractivity contribution in [2.45, 2.75) is 26.9 Å². The molecule has 2 aromatic heterocycles. The van der Waals surface area contributed by atoms with E-state index in [1.807, 2.05) is 56.1 Å². The minimum absolute atomic E-state index is 0.117. The van der Waals surface area contributed by atoms with Crippen LogP contribution in [0.1, 0.15) is 32.7 Å². The molecule has 144 valence electrons. The molecule has 1 aromatic carbocycles. The number of hydrogen-bond acceptors (Lipinski definition) is 4. The first-order valence-electron chi connectivity index (χ1n) is 9.13. The maximum atomic E-state index is 12.5. The summed E-state index contributed by atoms with van der Waals surface area (Å²) in [6.45, 7) is 4.66. The molecule has 0 aliphatic heterocycles. The van der Waals surface area contributed by atoms with Gasteiger partial charge in [-0.15, -0.1) is 0 Å². The average Bonchev–Trinajstić information content (AvgIpc) is 2.70. The Balaban J connectivity index is 1.74. The normalized spacial score (nSPS) is 10.5. The van der Waals surface area contributed by atoms with Gasteiger partial charge < -0.3 is 15.2 Å². The summed E-state index contributed by atoms with van der Waals surface area (Å²) in [6.07, 6.45) is 1.73. The highest BCUT2D eigenvalue weighted by Crippen LogP contribution is 2.18. The van der Waals surface area contributed by atoms with Gasteiger partial charge in [0.15, 0.2) is 0 Å². The number of carbonyl (C=O) groups excluding carboxylic acids is 1. The lowest BCUT2D eigenvalue weighted by Gasteiger charge is -2.21. The van der Waals surface area contributed by atoms with Crippen molar-refractivity contribution < 1.29 is 4.79 Å². The molecule has 0 saturated carbocycles. The zero-order valence-electron chi connectivity index (χ0n) is 16.3. The topological polar surface area (TPSA) is 78.1 Å². The van der Waals surface area contributed by atoms with E-state index in [0.717, 1.165) is 22.6 Å². The highest BCUT2D eigenvalue weighted by molar-refractivity contribution is 5.94. The van der Waals surface area contributed by atoms with Crippen molar-refractivity contribution in [3.8, 4) is 0 Å². The number of hydrogen-bond donors (Lipinski definition) is 2. The zero-order valence-corrected chi connectivity index (χ0v) is 16.3. The number of nitrogens with one attached hydrogen (secondary N) is 2. The van der Waals surface area contributed by atoms with E-state index < -0.39 is 5.91 Å². The van der Waals surface area contributed by atoms with Crippen molar-refractivity contribution in [2.24, 2.45) is 0 Å². The van der Waals surface area contributed by atoms with Gasteiger partial charge in [-0.1, -0.05) is 36.4 Å². The summed E-state index contributed by atoms with van der Waals surface area (Å²) in [4.78, 5) is 33.8. The molecule has 0 atom stereocenters. The number of aromatic amines is 1. The number of aryl methyl sites for hydroxylation is 2. The number of rotatable bonds is 6. The number of amides is 1. The summed E-state index contributed by atoms with van der Waals surface area (Å²) < 4.78 is 0. The molecule has 0 radical (unpaired) electrons. The van der Waals surface area contributed by atoms with Gasteiger partial charge >= 0.3 is 0 Å². The minimum Gasteiger partial charge on any atom is -0.355 e. The summed E-state index contributed by atoms with van der Waals surface area (Å²) in [6, 6.07) is 15.5. The molecule has 3 rings (SSSR count). The van der Waals surface area contributed by atoms with E-state index in [0.29, 0.717) is 6.54 Å². The van der Waals surface area contributed by atoms with Gasteiger partial charge in [-0.2, -0.15) is 0 Å². The van der Waals surface area contributed by atoms with E-state index in [1.165, 1.54) is 5.56 Å². The maximum Gasteiger partial charge on any atom is 0.261 e. The van der Waals surface area contributed by atoms with E-state index >= 15 is 0 Å². The van der Waals surface area contributed by atoms with Gasteiger partial charge in [0.25, 0.3) is 11.5 Å². The Labute approximate surface area is 164 Å². The van der Waals surface area contributed by atoms with E-state index in [9.17, 15) is 9.59 Å². The number of benzene rings is 1. The molecule has 0 fully saturated rings. The van der Waals surface area contributed by atoms with E-state index in [2.05, 4.69) is 27.4 Å². The Morgan fingerprint density at radius 1 is 1.14 bits per heavy atom. The van der Waals surface area contributed by atoms with Crippen molar-refractivity contribution in [2.75, 3.05) is 11.9 Å². The van der Waals surface area contributed by atoms with Gasteiger partial charge in [0.2, 0.25) is 0 Å². The van der Waals surface area contributed by atoms with Crippen LogP contribution in [0, 0.1) is 13.8 Å². The fourth-order valence-corrected chi connectivity index (χ4v) is 3.01. The van der Waals surface area contributed by atoms with Crippen molar-refractivity contribution >= 4 is 11.7 Å². The second kappa shape index (κ2) is 8.52. The zero-order chi connectivity index (χ0) is 20.1. The largest absolute Gasteiger partial charge is 0.355 e. The lowest BCUT2D eigenvalue weighted by atomic mass is 10.1. The monoisotopic (exact) mass is 376 g/mol. The Bertz CT molecular complexity index is 1030. The van der Waals surface area contributed by atoms with Gasteiger partial charge in [-0.3, -0.25) is 9.59 Å². The first-order chi connectivity index (χ1) is 13.5. The van der Waals surface area contributed by atoms with Gasteiger partial charge in [0, 0.05) is 37.6 Å². The van der Waals surface area contributed by atoms with E-state index in [1.54, 1.807) is 12.3 Å². The molecule has 3 aromatic rings. The van der Waals surface area contributed by atoms with Crippen LogP contribution in [0.25, 0.3) is 0 Å². The molecule has 0 aliphatic rings. The first-order valence-corrected chi connectivity index (χ1v) is 9.13. The second-order valence-electron chi connectivity index (χ2n) is 6.83. The summed E-state index contributed by atoms with van der Waals surface area (Å²) in [5.41, 5.74) is 3.43. The number of pyridine rings is 2. The Morgan fingerprint density at radius 3 is 2.64 bits per heavy atom. The van der Waals surface area contributed by atoms with Crippen LogP contribution >= 0.6 is 0 Å². The highest BCUT2D eigenvalue weighted by Gasteiger charge is 2.14. The van der Waals surface area contributed by atoms with Crippen LogP contribution in [-0.2, 0) is 13.1 Å². The predicted molar refractivity (Wildman–Crippen MR) is 110 cm³/mol. The highest BCUT2D eigenvalue weighted by atomic mass is 16.2. The SMILES string of the molecule is Cc1cc(C(=O)NCc2cccnc2N(C)Cc2ccccc2)c(=O)[nH]c1C. The number of H-pyrrole nitrogens is 1. The molecular formula is C22H24N4O2. The van der Waals surface area contributed by atoms with E-state index in [4.69, 9.17) is 0 Å². The third kappa shape index (κ3) is 4.46. The smallest absolute Gasteiger partial charge is 0.261 e. The van der Waals surface area contributed by atoms with Gasteiger partial charge in [0.05, 0.1) is 0 Å². The lowest BCUT2D eigenvalue weighted by molar-refractivity contribution is 0.0949. The van der Waals surface area contributed by atoms with Crippen LogP contribution in [0.5, 0.6) is 0 Å². The molecule has 0 aliphatic carbocycles. The van der Waals surface area contributed by atoms with Crippen LogP contribution in [0.4, 0.5) is 5.82 Å². The molecule has 6 heteroatoms. The van der Waals surface area contributed by atoms with Crippen LogP contribution in [0.2, 0.25) is 0 Å². The molecule has 28 heavy (non-hydrogen) atoms. The molecule has 2 N–H and O–H groups in total. The molecular weight excluding hydrogens is 352 g/mol. The lowest BCUT2D eigenvalue weighted by Crippen LogP contribution is -2.30. The molecule has 0 unspecified atom stereocenters.